The molecule has 4 unspecified atom stereocenters. The van der Waals surface area contributed by atoms with E-state index < -0.39 is 60.2 Å². The van der Waals surface area contributed by atoms with E-state index in [4.69, 9.17) is 16.6 Å². The normalized spacial score (nSPS) is 13.8. The Bertz CT molecular complexity index is 1160. The highest BCUT2D eigenvalue weighted by atomic mass is 16.4. The van der Waals surface area contributed by atoms with Crippen LogP contribution in [0.2, 0.25) is 0 Å². The number of nitrogens with zero attached hydrogens (tertiary/aromatic N) is 1. The van der Waals surface area contributed by atoms with Gasteiger partial charge in [-0.25, -0.2) is 9.78 Å². The number of amides is 3. The Morgan fingerprint density at radius 3 is 2.07 bits per heavy atom. The zero-order valence-electron chi connectivity index (χ0n) is 22.4. The first-order valence-corrected chi connectivity index (χ1v) is 13.1. The standard InChI is InChI=1S/C26H37N7O8/c27-10-2-1-3-20(26(40)41)32-24(38)19(8-9-22(35)36)31-25(39)21(12-16-13-29-14-30-16)33-23(37)18(28)11-15-4-6-17(34)7-5-15/h4-7,13-14,18-21,34H,1-3,8-12,27-28H2,(H,29,30)(H,31,39)(H,32,38)(H,33,37)(H,35,36)(H,40,41). The lowest BCUT2D eigenvalue weighted by Crippen LogP contribution is -2.57. The summed E-state index contributed by atoms with van der Waals surface area (Å²) in [5.41, 5.74) is 12.7. The Hall–Kier alpha value is -4.50. The SMILES string of the molecule is NCCCCC(NC(=O)C(CCC(=O)O)NC(=O)C(Cc1cnc[nH]1)NC(=O)C(N)Cc1ccc(O)cc1)C(=O)O. The zero-order valence-corrected chi connectivity index (χ0v) is 22.4. The van der Waals surface area contributed by atoms with Crippen molar-refractivity contribution in [3.63, 3.8) is 0 Å². The number of phenols is 1. The van der Waals surface area contributed by atoms with Gasteiger partial charge in [0, 0.05) is 24.7 Å². The maximum absolute atomic E-state index is 13.3. The number of aliphatic carboxylic acids is 2. The first kappa shape index (κ1) is 32.7. The molecule has 0 aliphatic rings. The molecule has 0 saturated heterocycles. The Kier molecular flexibility index (Phi) is 13.2. The number of nitrogens with two attached hydrogens (primary N) is 2. The van der Waals surface area contributed by atoms with Gasteiger partial charge < -0.3 is 47.7 Å². The topological polar surface area (TPSA) is 263 Å². The third-order valence-electron chi connectivity index (χ3n) is 6.18. The lowest BCUT2D eigenvalue weighted by molar-refractivity contribution is -0.143. The van der Waals surface area contributed by atoms with E-state index in [1.54, 1.807) is 12.1 Å². The molecule has 0 aliphatic heterocycles. The summed E-state index contributed by atoms with van der Waals surface area (Å²) in [6.07, 6.45) is 3.12. The van der Waals surface area contributed by atoms with Crippen LogP contribution in [0.3, 0.4) is 0 Å². The van der Waals surface area contributed by atoms with Crippen molar-refractivity contribution in [2.75, 3.05) is 6.54 Å². The molecule has 4 atom stereocenters. The van der Waals surface area contributed by atoms with Gasteiger partial charge in [-0.1, -0.05) is 12.1 Å². The average Bonchev–Trinajstić information content (AvgIpc) is 3.44. The highest BCUT2D eigenvalue weighted by Crippen LogP contribution is 2.11. The van der Waals surface area contributed by atoms with Gasteiger partial charge in [0.1, 0.15) is 23.9 Å². The fourth-order valence-corrected chi connectivity index (χ4v) is 3.91. The summed E-state index contributed by atoms with van der Waals surface area (Å²) in [5.74, 6) is -4.83. The van der Waals surface area contributed by atoms with Gasteiger partial charge >= 0.3 is 11.9 Å². The number of carboxylic acids is 2. The van der Waals surface area contributed by atoms with E-state index in [0.29, 0.717) is 30.6 Å². The second kappa shape index (κ2) is 16.6. The fraction of sp³-hybridized carbons (Fsp3) is 0.462. The molecule has 1 aromatic heterocycles. The second-order valence-corrected chi connectivity index (χ2v) is 9.50. The monoisotopic (exact) mass is 575 g/mol. The summed E-state index contributed by atoms with van der Waals surface area (Å²) in [4.78, 5) is 68.8. The molecule has 3 amide bonds. The molecule has 0 spiro atoms. The van der Waals surface area contributed by atoms with E-state index in [1.807, 2.05) is 0 Å². The molecule has 41 heavy (non-hydrogen) atoms. The van der Waals surface area contributed by atoms with Gasteiger partial charge in [-0.05, 0) is 56.3 Å². The first-order valence-electron chi connectivity index (χ1n) is 13.1. The molecule has 15 nitrogen and oxygen atoms in total. The summed E-state index contributed by atoms with van der Waals surface area (Å²) in [6, 6.07) is 1.13. The van der Waals surface area contributed by atoms with E-state index in [1.165, 1.54) is 24.7 Å². The number of carbonyl (C=O) groups excluding carboxylic acids is 3. The quantitative estimate of drug-likeness (QED) is 0.0949. The van der Waals surface area contributed by atoms with Gasteiger partial charge in [-0.15, -0.1) is 0 Å². The Labute approximate surface area is 236 Å². The predicted octanol–water partition coefficient (Wildman–Crippen LogP) is -1.24. The van der Waals surface area contributed by atoms with Crippen LogP contribution < -0.4 is 27.4 Å². The van der Waals surface area contributed by atoms with Crippen molar-refractivity contribution < 1.29 is 39.3 Å². The number of phenolic OH excluding ortho intramolecular Hbond substituents is 1. The average molecular weight is 576 g/mol. The summed E-state index contributed by atoms with van der Waals surface area (Å²) in [6.45, 7) is 0.347. The highest BCUT2D eigenvalue weighted by Gasteiger charge is 2.31. The third-order valence-corrected chi connectivity index (χ3v) is 6.18. The van der Waals surface area contributed by atoms with E-state index in [-0.39, 0.29) is 31.4 Å². The predicted molar refractivity (Wildman–Crippen MR) is 145 cm³/mol. The van der Waals surface area contributed by atoms with Crippen LogP contribution in [0.4, 0.5) is 0 Å². The van der Waals surface area contributed by atoms with Gasteiger partial charge in [0.15, 0.2) is 0 Å². The van der Waals surface area contributed by atoms with Gasteiger partial charge in [-0.2, -0.15) is 0 Å². The zero-order chi connectivity index (χ0) is 30.4. The number of hydrogen-bond donors (Lipinski definition) is 9. The molecule has 224 valence electrons. The lowest BCUT2D eigenvalue weighted by atomic mass is 10.0. The molecular weight excluding hydrogens is 538 g/mol. The summed E-state index contributed by atoms with van der Waals surface area (Å²) < 4.78 is 0. The number of imidazole rings is 1. The first-order chi connectivity index (χ1) is 19.5. The Balaban J connectivity index is 2.17. The van der Waals surface area contributed by atoms with Gasteiger partial charge in [0.2, 0.25) is 17.7 Å². The molecule has 15 heteroatoms. The molecule has 2 aromatic rings. The van der Waals surface area contributed by atoms with Crippen molar-refractivity contribution in [1.29, 1.82) is 0 Å². The molecule has 0 bridgehead atoms. The largest absolute Gasteiger partial charge is 0.508 e. The minimum absolute atomic E-state index is 0.0507. The number of carbonyl (C=O) groups is 5. The van der Waals surface area contributed by atoms with Crippen LogP contribution in [0.5, 0.6) is 5.75 Å². The Morgan fingerprint density at radius 1 is 0.854 bits per heavy atom. The van der Waals surface area contributed by atoms with E-state index in [9.17, 15) is 34.2 Å². The molecule has 0 aliphatic carbocycles. The number of carboxylic acid groups (broad SMARTS) is 2. The molecule has 0 saturated carbocycles. The van der Waals surface area contributed by atoms with Crippen molar-refractivity contribution in [2.24, 2.45) is 11.5 Å². The summed E-state index contributed by atoms with van der Waals surface area (Å²) in [5, 5.41) is 35.5. The maximum Gasteiger partial charge on any atom is 0.326 e. The molecule has 0 radical (unpaired) electrons. The number of benzene rings is 1. The molecular formula is C26H37N7O8. The van der Waals surface area contributed by atoms with Crippen LogP contribution >= 0.6 is 0 Å². The second-order valence-electron chi connectivity index (χ2n) is 9.50. The maximum atomic E-state index is 13.3. The van der Waals surface area contributed by atoms with Gasteiger partial charge in [0.25, 0.3) is 0 Å². The molecule has 1 aromatic carbocycles. The number of unbranched alkanes of at least 4 members (excludes halogenated alkanes) is 1. The van der Waals surface area contributed by atoms with Crippen molar-refractivity contribution in [3.05, 3.63) is 48.0 Å². The minimum atomic E-state index is -1.40. The molecule has 2 rings (SSSR count). The van der Waals surface area contributed by atoms with E-state index in [2.05, 4.69) is 25.9 Å². The number of aromatic amines is 1. The van der Waals surface area contributed by atoms with Gasteiger partial charge in [-0.3, -0.25) is 19.2 Å². The summed E-state index contributed by atoms with van der Waals surface area (Å²) in [7, 11) is 0. The summed E-state index contributed by atoms with van der Waals surface area (Å²) >= 11 is 0. The third kappa shape index (κ3) is 11.6. The van der Waals surface area contributed by atoms with Gasteiger partial charge in [0.05, 0.1) is 12.4 Å². The van der Waals surface area contributed by atoms with Crippen molar-refractivity contribution in [3.8, 4) is 5.75 Å². The molecule has 1 heterocycles. The van der Waals surface area contributed by atoms with Crippen LogP contribution in [-0.4, -0.2) is 85.7 Å². The smallest absolute Gasteiger partial charge is 0.326 e. The van der Waals surface area contributed by atoms with Crippen LogP contribution in [0.1, 0.15) is 43.4 Å². The lowest BCUT2D eigenvalue weighted by Gasteiger charge is -2.25. The van der Waals surface area contributed by atoms with E-state index in [0.717, 1.165) is 0 Å². The Morgan fingerprint density at radius 2 is 1.49 bits per heavy atom. The van der Waals surface area contributed by atoms with Crippen LogP contribution in [0.15, 0.2) is 36.8 Å². The van der Waals surface area contributed by atoms with Crippen LogP contribution in [0, 0.1) is 0 Å². The van der Waals surface area contributed by atoms with Crippen LogP contribution in [-0.2, 0) is 36.8 Å². The number of aromatic hydroxyl groups is 1. The van der Waals surface area contributed by atoms with Crippen LogP contribution in [0.25, 0.3) is 0 Å². The number of nitrogens with one attached hydrogen (secondary N) is 4. The van der Waals surface area contributed by atoms with Crippen molar-refractivity contribution >= 4 is 29.7 Å². The minimum Gasteiger partial charge on any atom is -0.508 e. The number of rotatable bonds is 18. The number of aromatic nitrogens is 2. The number of H-pyrrole nitrogens is 1. The molecule has 11 N–H and O–H groups in total. The number of hydrogen-bond acceptors (Lipinski definition) is 9. The molecule has 0 fully saturated rings. The highest BCUT2D eigenvalue weighted by molar-refractivity contribution is 5.94. The van der Waals surface area contributed by atoms with Crippen molar-refractivity contribution in [1.82, 2.24) is 25.9 Å². The van der Waals surface area contributed by atoms with E-state index >= 15 is 0 Å². The van der Waals surface area contributed by atoms with Crippen molar-refractivity contribution in [2.45, 2.75) is 69.1 Å². The fourth-order valence-electron chi connectivity index (χ4n) is 3.91.